The molecule has 0 saturated carbocycles. The number of hydrogen-bond donors (Lipinski definition) is 0. The molecule has 2 aromatic rings. The van der Waals surface area contributed by atoms with Crippen LogP contribution in [0.3, 0.4) is 0 Å². The first-order chi connectivity index (χ1) is 13.0. The molecule has 0 saturated heterocycles. The third kappa shape index (κ3) is 5.44. The van der Waals surface area contributed by atoms with Crippen LogP contribution in [0.5, 0.6) is 0 Å². The van der Waals surface area contributed by atoms with E-state index in [0.29, 0.717) is 11.4 Å². The summed E-state index contributed by atoms with van der Waals surface area (Å²) >= 11 is 7.64. The Hall–Kier alpha value is -2.59. The van der Waals surface area contributed by atoms with Crippen LogP contribution in [0, 0.1) is 0 Å². The van der Waals surface area contributed by atoms with Gasteiger partial charge in [0, 0.05) is 18.9 Å². The van der Waals surface area contributed by atoms with Crippen molar-refractivity contribution in [1.82, 2.24) is 14.8 Å². The van der Waals surface area contributed by atoms with Gasteiger partial charge in [-0.1, -0.05) is 16.8 Å². The second-order valence-electron chi connectivity index (χ2n) is 5.11. The Morgan fingerprint density at radius 3 is 2.81 bits per heavy atom. The number of carbonyl (C=O) groups excluding carboxylic acids is 2. The number of carbonyl (C=O) groups is 2. The van der Waals surface area contributed by atoms with Crippen LogP contribution in [0.2, 0.25) is 5.15 Å². The molecule has 0 atom stereocenters. The number of halogens is 1. The molecule has 0 unspecified atom stereocenters. The van der Waals surface area contributed by atoms with Crippen molar-refractivity contribution in [3.63, 3.8) is 0 Å². The minimum atomic E-state index is -0.543. The third-order valence-corrected chi connectivity index (χ3v) is 4.06. The van der Waals surface area contributed by atoms with Gasteiger partial charge >= 0.3 is 5.97 Å². The molecule has 27 heavy (non-hydrogen) atoms. The lowest BCUT2D eigenvalue weighted by Gasteiger charge is -2.21. The Morgan fingerprint density at radius 2 is 2.22 bits per heavy atom. The van der Waals surface area contributed by atoms with Crippen LogP contribution >= 0.6 is 23.4 Å². The summed E-state index contributed by atoms with van der Waals surface area (Å²) in [6.45, 7) is 0.902. The van der Waals surface area contributed by atoms with Gasteiger partial charge in [-0.05, 0) is 18.4 Å². The van der Waals surface area contributed by atoms with Crippen LogP contribution < -0.4 is 4.90 Å². The van der Waals surface area contributed by atoms with Gasteiger partial charge in [0.15, 0.2) is 17.6 Å². The van der Waals surface area contributed by atoms with Crippen LogP contribution in [0.15, 0.2) is 35.9 Å². The van der Waals surface area contributed by atoms with Gasteiger partial charge in [0.2, 0.25) is 0 Å². The third-order valence-electron chi connectivity index (χ3n) is 3.22. The number of nitrogens with zero attached hydrogens (tertiary/aromatic N) is 5. The fourth-order valence-corrected chi connectivity index (χ4v) is 2.75. The van der Waals surface area contributed by atoms with Crippen molar-refractivity contribution >= 4 is 46.6 Å². The number of thioether (sulfide) groups is 1. The number of esters is 1. The molecule has 0 aromatic carbocycles. The Bertz CT molecular complexity index is 827. The molecule has 144 valence electrons. The van der Waals surface area contributed by atoms with Gasteiger partial charge in [-0.3, -0.25) is 19.5 Å². The fraction of sp³-hybridized carbons (Fsp3) is 0.312. The average molecular weight is 412 g/mol. The van der Waals surface area contributed by atoms with E-state index in [-0.39, 0.29) is 23.3 Å². The van der Waals surface area contributed by atoms with Crippen LogP contribution in [0.25, 0.3) is 5.69 Å². The van der Waals surface area contributed by atoms with E-state index in [1.54, 1.807) is 30.7 Å². The minimum Gasteiger partial charge on any atom is -0.444 e. The van der Waals surface area contributed by atoms with Crippen molar-refractivity contribution in [2.45, 2.75) is 6.92 Å². The molecule has 11 heteroatoms. The summed E-state index contributed by atoms with van der Waals surface area (Å²) in [6, 6.07) is 3.53. The van der Waals surface area contributed by atoms with Gasteiger partial charge in [0.25, 0.3) is 5.91 Å². The smallest absolute Gasteiger partial charge is 0.304 e. The van der Waals surface area contributed by atoms with Crippen LogP contribution in [0.4, 0.5) is 5.69 Å². The molecular weight excluding hydrogens is 394 g/mol. The standard InChI is InChI=1S/C16H18ClN5O4S/c1-11(23)26-10-21(16(24)13(9-27-3)20-25-2)14-8-22(19-15(14)17)12-5-4-6-18-7-12/h4-8H,9-10H2,1-3H3. The van der Waals surface area contributed by atoms with Gasteiger partial charge in [0.05, 0.1) is 18.1 Å². The number of pyridine rings is 1. The zero-order valence-corrected chi connectivity index (χ0v) is 16.5. The highest BCUT2D eigenvalue weighted by molar-refractivity contribution is 7.99. The van der Waals surface area contributed by atoms with Crippen molar-refractivity contribution in [1.29, 1.82) is 0 Å². The number of aromatic nitrogens is 3. The van der Waals surface area contributed by atoms with E-state index in [4.69, 9.17) is 21.2 Å². The highest BCUT2D eigenvalue weighted by Gasteiger charge is 2.27. The molecule has 0 bridgehead atoms. The summed E-state index contributed by atoms with van der Waals surface area (Å²) in [5.74, 6) is -0.754. The number of hydrogen-bond acceptors (Lipinski definition) is 8. The van der Waals surface area contributed by atoms with Crippen molar-refractivity contribution < 1.29 is 19.2 Å². The van der Waals surface area contributed by atoms with Gasteiger partial charge in [-0.15, -0.1) is 0 Å². The van der Waals surface area contributed by atoms with E-state index >= 15 is 0 Å². The summed E-state index contributed by atoms with van der Waals surface area (Å²) in [7, 11) is 1.34. The number of ether oxygens (including phenoxy) is 1. The number of anilines is 1. The molecule has 0 N–H and O–H groups in total. The summed E-state index contributed by atoms with van der Waals surface area (Å²) in [6.07, 6.45) is 6.59. The summed E-state index contributed by atoms with van der Waals surface area (Å²) in [5.41, 5.74) is 1.06. The molecule has 0 aliphatic carbocycles. The summed E-state index contributed by atoms with van der Waals surface area (Å²) < 4.78 is 6.48. The Kier molecular flexibility index (Phi) is 7.62. The first-order valence-corrected chi connectivity index (χ1v) is 9.44. The van der Waals surface area contributed by atoms with Crippen LogP contribution in [-0.4, -0.2) is 58.2 Å². The van der Waals surface area contributed by atoms with Crippen molar-refractivity contribution in [3.8, 4) is 5.69 Å². The largest absolute Gasteiger partial charge is 0.444 e. The fourth-order valence-electron chi connectivity index (χ4n) is 2.07. The van der Waals surface area contributed by atoms with E-state index < -0.39 is 11.9 Å². The molecule has 0 radical (unpaired) electrons. The first-order valence-electron chi connectivity index (χ1n) is 7.67. The molecule has 0 spiro atoms. The molecule has 2 heterocycles. The quantitative estimate of drug-likeness (QED) is 0.284. The van der Waals surface area contributed by atoms with Crippen molar-refractivity contribution in [3.05, 3.63) is 35.9 Å². The maximum absolute atomic E-state index is 12.9. The monoisotopic (exact) mass is 411 g/mol. The van der Waals surface area contributed by atoms with E-state index in [0.717, 1.165) is 0 Å². The molecule has 2 aromatic heterocycles. The topological polar surface area (TPSA) is 98.9 Å². The molecule has 2 rings (SSSR count). The summed E-state index contributed by atoms with van der Waals surface area (Å²) in [4.78, 5) is 34.1. The van der Waals surface area contributed by atoms with Crippen molar-refractivity contribution in [2.75, 3.05) is 30.7 Å². The molecule has 0 aliphatic rings. The Labute approximate surface area is 165 Å². The number of oxime groups is 1. The van der Waals surface area contributed by atoms with Crippen LogP contribution in [0.1, 0.15) is 6.92 Å². The van der Waals surface area contributed by atoms with Crippen molar-refractivity contribution in [2.24, 2.45) is 5.16 Å². The number of rotatable bonds is 8. The zero-order chi connectivity index (χ0) is 19.8. The summed E-state index contributed by atoms with van der Waals surface area (Å²) in [5, 5.41) is 8.02. The maximum atomic E-state index is 12.9. The highest BCUT2D eigenvalue weighted by Crippen LogP contribution is 2.26. The van der Waals surface area contributed by atoms with E-state index in [2.05, 4.69) is 15.2 Å². The predicted molar refractivity (Wildman–Crippen MR) is 103 cm³/mol. The predicted octanol–water partition coefficient (Wildman–Crippen LogP) is 2.14. The lowest BCUT2D eigenvalue weighted by Crippen LogP contribution is -2.40. The van der Waals surface area contributed by atoms with E-state index in [1.165, 1.54) is 35.4 Å². The van der Waals surface area contributed by atoms with E-state index in [1.807, 2.05) is 6.26 Å². The van der Waals surface area contributed by atoms with Gasteiger partial charge < -0.3 is 9.57 Å². The molecule has 0 fully saturated rings. The van der Waals surface area contributed by atoms with Gasteiger partial charge in [0.1, 0.15) is 12.8 Å². The second-order valence-corrected chi connectivity index (χ2v) is 6.34. The lowest BCUT2D eigenvalue weighted by atomic mass is 10.3. The van der Waals surface area contributed by atoms with Gasteiger partial charge in [-0.2, -0.15) is 16.9 Å². The van der Waals surface area contributed by atoms with E-state index in [9.17, 15) is 9.59 Å². The molecule has 0 aliphatic heterocycles. The molecular formula is C16H18ClN5O4S. The Balaban J connectivity index is 2.42. The Morgan fingerprint density at radius 1 is 1.44 bits per heavy atom. The highest BCUT2D eigenvalue weighted by atomic mass is 35.5. The second kappa shape index (κ2) is 9.93. The maximum Gasteiger partial charge on any atom is 0.304 e. The lowest BCUT2D eigenvalue weighted by molar-refractivity contribution is -0.141. The molecule has 9 nitrogen and oxygen atoms in total. The SMILES string of the molecule is CON=C(CSC)C(=O)N(COC(C)=O)c1cn(-c2cccnc2)nc1Cl. The van der Waals surface area contributed by atoms with Gasteiger partial charge in [-0.25, -0.2) is 4.68 Å². The first kappa shape index (κ1) is 20.7. The number of amides is 1. The average Bonchev–Trinajstić information content (AvgIpc) is 3.04. The minimum absolute atomic E-state index is 0.0558. The molecule has 1 amide bonds. The zero-order valence-electron chi connectivity index (χ0n) is 15.0. The van der Waals surface area contributed by atoms with Crippen LogP contribution in [-0.2, 0) is 19.2 Å². The normalized spacial score (nSPS) is 11.2.